The maximum absolute atomic E-state index is 13.7. The lowest BCUT2D eigenvalue weighted by Gasteiger charge is -2.27. The van der Waals surface area contributed by atoms with E-state index >= 15 is 0 Å². The molecule has 0 aliphatic carbocycles. The van der Waals surface area contributed by atoms with Crippen LogP contribution in [0, 0.1) is 6.92 Å². The number of hydrogen-bond donors (Lipinski definition) is 2. The first-order valence-corrected chi connectivity index (χ1v) is 12.7. The molecule has 0 bridgehead atoms. The molecule has 0 spiro atoms. The number of benzene rings is 3. The molecule has 8 nitrogen and oxygen atoms in total. The number of aliphatic hydroxyl groups excluding tert-OH is 1. The fourth-order valence-electron chi connectivity index (χ4n) is 4.79. The van der Waals surface area contributed by atoms with Gasteiger partial charge in [-0.05, 0) is 66.4 Å². The van der Waals surface area contributed by atoms with Gasteiger partial charge in [0.25, 0.3) is 5.91 Å². The summed E-state index contributed by atoms with van der Waals surface area (Å²) in [6.07, 6.45) is 5.79. The zero-order chi connectivity index (χ0) is 27.4. The summed E-state index contributed by atoms with van der Waals surface area (Å²) in [5, 5.41) is 21.0. The van der Waals surface area contributed by atoms with Gasteiger partial charge in [-0.1, -0.05) is 36.4 Å². The Hall–Kier alpha value is -4.85. The second-order valence-electron chi connectivity index (χ2n) is 9.48. The molecule has 1 aliphatic rings. The van der Waals surface area contributed by atoms with Crippen LogP contribution in [0.3, 0.4) is 0 Å². The van der Waals surface area contributed by atoms with Gasteiger partial charge in [-0.15, -0.1) is 0 Å². The van der Waals surface area contributed by atoms with E-state index in [0.29, 0.717) is 43.0 Å². The number of ketones is 1. The fourth-order valence-corrected chi connectivity index (χ4v) is 4.79. The second-order valence-corrected chi connectivity index (χ2v) is 9.48. The van der Waals surface area contributed by atoms with E-state index < -0.39 is 23.5 Å². The molecule has 198 valence electrons. The predicted octanol–water partition coefficient (Wildman–Crippen LogP) is 5.14. The number of phenolic OH excluding ortho intramolecular Hbond substituents is 1. The molecule has 0 saturated heterocycles. The monoisotopic (exact) mass is 523 g/mol. The Balaban J connectivity index is 1.37. The fraction of sp³-hybridized carbons (Fsp3) is 0.194. The molecule has 5 rings (SSSR count). The summed E-state index contributed by atoms with van der Waals surface area (Å²) in [6.45, 7) is 3.33. The molecule has 1 aliphatic heterocycles. The summed E-state index contributed by atoms with van der Waals surface area (Å²) < 4.78 is 7.79. The van der Waals surface area contributed by atoms with E-state index in [2.05, 4.69) is 4.98 Å². The summed E-state index contributed by atoms with van der Waals surface area (Å²) in [7, 11) is 0. The maximum atomic E-state index is 13.7. The van der Waals surface area contributed by atoms with E-state index in [4.69, 9.17) is 4.74 Å². The van der Waals surface area contributed by atoms with Crippen molar-refractivity contribution >= 4 is 11.7 Å². The van der Waals surface area contributed by atoms with E-state index in [1.54, 1.807) is 48.9 Å². The van der Waals surface area contributed by atoms with Crippen LogP contribution in [0.1, 0.15) is 39.5 Å². The molecule has 1 unspecified atom stereocenters. The van der Waals surface area contributed by atoms with Crippen molar-refractivity contribution in [3.05, 3.63) is 125 Å². The highest BCUT2D eigenvalue weighted by molar-refractivity contribution is 6.16. The van der Waals surface area contributed by atoms with Crippen LogP contribution in [0.4, 0.5) is 0 Å². The van der Waals surface area contributed by atoms with Crippen LogP contribution in [-0.4, -0.2) is 42.9 Å². The molecular weight excluding hydrogens is 494 g/mol. The normalized spacial score (nSPS) is 15.2. The molecule has 8 heteroatoms. The van der Waals surface area contributed by atoms with Gasteiger partial charge in [0.15, 0.2) is 11.5 Å². The first kappa shape index (κ1) is 25.8. The number of nitrogens with zero attached hydrogens (tertiary/aromatic N) is 3. The number of phenols is 1. The summed E-state index contributed by atoms with van der Waals surface area (Å²) in [5.41, 5.74) is 3.04. The smallest absolute Gasteiger partial charge is 0.290 e. The predicted molar refractivity (Wildman–Crippen MR) is 145 cm³/mol. The maximum Gasteiger partial charge on any atom is 0.290 e. The van der Waals surface area contributed by atoms with E-state index in [1.165, 1.54) is 17.0 Å². The molecule has 0 fully saturated rings. The third kappa shape index (κ3) is 5.55. The van der Waals surface area contributed by atoms with Gasteiger partial charge in [0.2, 0.25) is 0 Å². The van der Waals surface area contributed by atoms with Crippen LogP contribution in [0.5, 0.6) is 11.5 Å². The number of imidazole rings is 1. The Bertz CT molecular complexity index is 1510. The Kier molecular flexibility index (Phi) is 7.45. The van der Waals surface area contributed by atoms with Crippen LogP contribution >= 0.6 is 0 Å². The Morgan fingerprint density at radius 2 is 1.79 bits per heavy atom. The van der Waals surface area contributed by atoms with Gasteiger partial charge in [-0.2, -0.15) is 0 Å². The molecule has 4 aromatic rings. The molecule has 2 N–H and O–H groups in total. The largest absolute Gasteiger partial charge is 0.508 e. The van der Waals surface area contributed by atoms with Crippen molar-refractivity contribution in [2.24, 2.45) is 0 Å². The van der Waals surface area contributed by atoms with Crippen LogP contribution in [0.25, 0.3) is 0 Å². The van der Waals surface area contributed by atoms with Gasteiger partial charge in [0.05, 0.1) is 17.9 Å². The lowest BCUT2D eigenvalue weighted by atomic mass is 9.92. The van der Waals surface area contributed by atoms with E-state index in [1.807, 2.05) is 42.0 Å². The van der Waals surface area contributed by atoms with E-state index in [-0.39, 0.29) is 11.3 Å². The van der Waals surface area contributed by atoms with Crippen molar-refractivity contribution in [3.8, 4) is 11.5 Å². The SMILES string of the molecule is Cc1ccccc1COc1ccc(C(=O)C2=C(O)C(=O)N(CCCn3ccnc3)C2c2cccc(O)c2)cc1. The minimum absolute atomic E-state index is 0.00616. The summed E-state index contributed by atoms with van der Waals surface area (Å²) >= 11 is 0. The number of aromatic hydroxyl groups is 1. The van der Waals surface area contributed by atoms with Crippen molar-refractivity contribution in [2.75, 3.05) is 6.54 Å². The first-order valence-electron chi connectivity index (χ1n) is 12.7. The lowest BCUT2D eigenvalue weighted by molar-refractivity contribution is -0.129. The molecule has 1 aromatic heterocycles. The third-order valence-electron chi connectivity index (χ3n) is 6.88. The van der Waals surface area contributed by atoms with Crippen LogP contribution < -0.4 is 4.74 Å². The molecule has 39 heavy (non-hydrogen) atoms. The van der Waals surface area contributed by atoms with Gasteiger partial charge >= 0.3 is 0 Å². The molecule has 2 heterocycles. The average Bonchev–Trinajstić information content (AvgIpc) is 3.55. The highest BCUT2D eigenvalue weighted by Gasteiger charge is 2.43. The van der Waals surface area contributed by atoms with Crippen molar-refractivity contribution < 1.29 is 24.5 Å². The van der Waals surface area contributed by atoms with Crippen LogP contribution in [0.15, 0.2) is 103 Å². The molecular formula is C31H29N3O5. The lowest BCUT2D eigenvalue weighted by Crippen LogP contribution is -2.32. The number of amides is 1. The number of carbonyl (C=O) groups is 2. The van der Waals surface area contributed by atoms with Crippen LogP contribution in [0.2, 0.25) is 0 Å². The Morgan fingerprint density at radius 1 is 1.00 bits per heavy atom. The number of Topliss-reactive ketones (excluding diaryl/α,β-unsaturated/α-hetero) is 1. The second kappa shape index (κ2) is 11.3. The summed E-state index contributed by atoms with van der Waals surface area (Å²) in [5.74, 6) is -1.05. The minimum atomic E-state index is -0.836. The minimum Gasteiger partial charge on any atom is -0.508 e. The molecule has 1 amide bonds. The zero-order valence-electron chi connectivity index (χ0n) is 21.5. The number of rotatable bonds is 10. The molecule has 0 saturated carbocycles. The zero-order valence-corrected chi connectivity index (χ0v) is 21.5. The number of aryl methyl sites for hydroxylation is 2. The number of hydrogen-bond acceptors (Lipinski definition) is 6. The highest BCUT2D eigenvalue weighted by Crippen LogP contribution is 2.40. The van der Waals surface area contributed by atoms with E-state index in [0.717, 1.165) is 11.1 Å². The van der Waals surface area contributed by atoms with Crippen molar-refractivity contribution in [3.63, 3.8) is 0 Å². The van der Waals surface area contributed by atoms with Crippen molar-refractivity contribution in [1.29, 1.82) is 0 Å². The van der Waals surface area contributed by atoms with Crippen molar-refractivity contribution in [1.82, 2.24) is 14.5 Å². The topological polar surface area (TPSA) is 105 Å². The third-order valence-corrected chi connectivity index (χ3v) is 6.88. The Morgan fingerprint density at radius 3 is 2.51 bits per heavy atom. The highest BCUT2D eigenvalue weighted by atomic mass is 16.5. The number of ether oxygens (including phenoxy) is 1. The van der Waals surface area contributed by atoms with Gasteiger partial charge in [0, 0.05) is 31.0 Å². The van der Waals surface area contributed by atoms with Crippen molar-refractivity contribution in [2.45, 2.75) is 32.5 Å². The quantitative estimate of drug-likeness (QED) is 0.279. The number of aromatic nitrogens is 2. The van der Waals surface area contributed by atoms with Gasteiger partial charge in [-0.25, -0.2) is 4.98 Å². The van der Waals surface area contributed by atoms with Gasteiger partial charge < -0.3 is 24.4 Å². The molecule has 3 aromatic carbocycles. The number of aliphatic hydroxyl groups is 1. The van der Waals surface area contributed by atoms with E-state index in [9.17, 15) is 19.8 Å². The van der Waals surface area contributed by atoms with Gasteiger partial charge in [-0.3, -0.25) is 9.59 Å². The summed E-state index contributed by atoms with van der Waals surface area (Å²) in [4.78, 5) is 32.4. The molecule has 1 atom stereocenters. The first-order chi connectivity index (χ1) is 18.9. The average molecular weight is 524 g/mol. The van der Waals surface area contributed by atoms with Crippen LogP contribution in [-0.2, 0) is 17.9 Å². The Labute approximate surface area is 226 Å². The summed E-state index contributed by atoms with van der Waals surface area (Å²) in [6, 6.07) is 20.2. The number of carbonyl (C=O) groups excluding carboxylic acids is 2. The standard InChI is InChI=1S/C31H29N3O5/c1-21-6-2-3-7-24(21)19-39-26-12-10-22(11-13-26)29(36)27-28(23-8-4-9-25(35)18-23)34(31(38)30(27)37)16-5-15-33-17-14-32-20-33/h2-4,6-14,17-18,20,28,35,37H,5,15-16,19H2,1H3. The molecule has 0 radical (unpaired) electrons. The van der Waals surface area contributed by atoms with Gasteiger partial charge in [0.1, 0.15) is 18.1 Å².